The topological polar surface area (TPSA) is 82.7 Å². The second kappa shape index (κ2) is 10.6. The number of methoxy groups -OCH3 is 1. The molecule has 2 aromatic carbocycles. The number of hydrogen-bond acceptors (Lipinski definition) is 4. The zero-order valence-electron chi connectivity index (χ0n) is 24.2. The van der Waals surface area contributed by atoms with Crippen molar-refractivity contribution in [2.24, 2.45) is 7.05 Å². The van der Waals surface area contributed by atoms with Gasteiger partial charge in [-0.1, -0.05) is 42.0 Å². The third kappa shape index (κ3) is 5.06. The van der Waals surface area contributed by atoms with Crippen LogP contribution in [0.2, 0.25) is 0 Å². The Bertz CT molecular complexity index is 1620. The van der Waals surface area contributed by atoms with E-state index in [0.717, 1.165) is 70.3 Å². The van der Waals surface area contributed by atoms with Crippen molar-refractivity contribution < 1.29 is 19.4 Å². The Labute approximate surface area is 235 Å². The smallest absolute Gasteiger partial charge is 0.339 e. The van der Waals surface area contributed by atoms with E-state index in [1.54, 1.807) is 14.2 Å². The normalized spacial score (nSPS) is 14.2. The molecule has 0 aliphatic heterocycles. The minimum atomic E-state index is -1.32. The molecule has 7 heteroatoms. The van der Waals surface area contributed by atoms with Gasteiger partial charge in [0.1, 0.15) is 11.3 Å². The Morgan fingerprint density at radius 3 is 2.27 bits per heavy atom. The predicted molar refractivity (Wildman–Crippen MR) is 157 cm³/mol. The average Bonchev–Trinajstić information content (AvgIpc) is 3.24. The highest BCUT2D eigenvalue weighted by atomic mass is 16.5. The van der Waals surface area contributed by atoms with Gasteiger partial charge in [0.25, 0.3) is 5.56 Å². The molecular formula is C33H38N2O5. The number of carboxylic acids is 1. The lowest BCUT2D eigenvalue weighted by Crippen LogP contribution is -2.33. The van der Waals surface area contributed by atoms with Crippen molar-refractivity contribution in [2.75, 3.05) is 7.11 Å². The van der Waals surface area contributed by atoms with Crippen LogP contribution in [0, 0.1) is 6.92 Å². The van der Waals surface area contributed by atoms with Gasteiger partial charge in [0.2, 0.25) is 0 Å². The molecule has 0 bridgehead atoms. The number of carbonyl (C=O) groups is 1. The number of rotatable bonds is 7. The highest BCUT2D eigenvalue weighted by Gasteiger charge is 2.35. The number of hydrogen-bond donors (Lipinski definition) is 1. The second-order valence-electron chi connectivity index (χ2n) is 11.7. The van der Waals surface area contributed by atoms with Gasteiger partial charge in [-0.25, -0.2) is 4.79 Å². The molecule has 2 heterocycles. The van der Waals surface area contributed by atoms with Gasteiger partial charge in [-0.05, 0) is 82.2 Å². The van der Waals surface area contributed by atoms with Gasteiger partial charge in [-0.2, -0.15) is 0 Å². The van der Waals surface area contributed by atoms with E-state index < -0.39 is 17.7 Å². The number of benzene rings is 2. The fourth-order valence-corrected chi connectivity index (χ4v) is 5.91. The summed E-state index contributed by atoms with van der Waals surface area (Å²) >= 11 is 0. The van der Waals surface area contributed by atoms with Gasteiger partial charge in [0.05, 0.1) is 18.4 Å². The molecule has 2 aromatic heterocycles. The minimum Gasteiger partial charge on any atom is -0.497 e. The van der Waals surface area contributed by atoms with E-state index in [9.17, 15) is 14.7 Å². The third-order valence-corrected chi connectivity index (χ3v) is 7.73. The summed E-state index contributed by atoms with van der Waals surface area (Å²) in [4.78, 5) is 27.0. The minimum absolute atomic E-state index is 0.215. The monoisotopic (exact) mass is 542 g/mol. The first-order chi connectivity index (χ1) is 19.0. The van der Waals surface area contributed by atoms with Gasteiger partial charge in [0, 0.05) is 30.2 Å². The number of aliphatic carboxylic acids is 1. The van der Waals surface area contributed by atoms with Crippen molar-refractivity contribution in [3.63, 3.8) is 0 Å². The SMILES string of the molecule is COc1ccc(Cn2c3c(c4c(-c5ccc(C)cc5)c(C(OC(C)(C)C)C(=O)O)n(C)c(=O)c42)CCCC3)cc1. The van der Waals surface area contributed by atoms with E-state index in [1.165, 1.54) is 4.57 Å². The van der Waals surface area contributed by atoms with Gasteiger partial charge >= 0.3 is 5.97 Å². The quantitative estimate of drug-likeness (QED) is 0.301. The van der Waals surface area contributed by atoms with Crippen LogP contribution < -0.4 is 10.3 Å². The van der Waals surface area contributed by atoms with Gasteiger partial charge in [-0.15, -0.1) is 0 Å². The second-order valence-corrected chi connectivity index (χ2v) is 11.7. The molecule has 40 heavy (non-hydrogen) atoms. The molecule has 5 rings (SSSR count). The molecule has 0 saturated heterocycles. The zero-order valence-corrected chi connectivity index (χ0v) is 24.2. The van der Waals surface area contributed by atoms with Crippen LogP contribution in [-0.2, 0) is 36.0 Å². The van der Waals surface area contributed by atoms with Crippen LogP contribution in [0.1, 0.15) is 67.8 Å². The molecule has 210 valence electrons. The van der Waals surface area contributed by atoms with Crippen molar-refractivity contribution in [3.05, 3.63) is 87.0 Å². The predicted octanol–water partition coefficient (Wildman–Crippen LogP) is 6.19. The zero-order chi connectivity index (χ0) is 28.8. The standard InChI is InChI=1S/C33H38N2O5/c1-20-11-15-22(16-12-20)26-27-24-9-7-8-10-25(24)35(19-21-13-17-23(39-6)18-14-21)29(27)31(36)34(5)28(26)30(32(37)38)40-33(2,3)4/h11-18,30H,7-10,19H2,1-6H3,(H,37,38). The molecule has 1 aliphatic carbocycles. The summed E-state index contributed by atoms with van der Waals surface area (Å²) in [5.74, 6) is -0.340. The summed E-state index contributed by atoms with van der Waals surface area (Å²) in [5, 5.41) is 11.3. The third-order valence-electron chi connectivity index (χ3n) is 7.73. The molecule has 0 saturated carbocycles. The van der Waals surface area contributed by atoms with E-state index in [1.807, 2.05) is 76.2 Å². The summed E-state index contributed by atoms with van der Waals surface area (Å²) in [6, 6.07) is 16.0. The summed E-state index contributed by atoms with van der Waals surface area (Å²) in [7, 11) is 3.31. The summed E-state index contributed by atoms with van der Waals surface area (Å²) in [6.45, 7) is 8.06. The highest BCUT2D eigenvalue weighted by molar-refractivity contribution is 6.01. The number of pyridine rings is 1. The van der Waals surface area contributed by atoms with E-state index in [0.29, 0.717) is 17.8 Å². The molecule has 7 nitrogen and oxygen atoms in total. The van der Waals surface area contributed by atoms with E-state index in [4.69, 9.17) is 9.47 Å². The van der Waals surface area contributed by atoms with Crippen LogP contribution in [0.25, 0.3) is 22.0 Å². The Balaban J connectivity index is 1.88. The number of aryl methyl sites for hydroxylation is 2. The number of aromatic nitrogens is 2. The van der Waals surface area contributed by atoms with Crippen LogP contribution >= 0.6 is 0 Å². The van der Waals surface area contributed by atoms with Crippen molar-refractivity contribution in [2.45, 2.75) is 71.6 Å². The molecular weight excluding hydrogens is 504 g/mol. The molecule has 4 aromatic rings. The van der Waals surface area contributed by atoms with Crippen LogP contribution in [0.5, 0.6) is 5.75 Å². The van der Waals surface area contributed by atoms with Gasteiger partial charge < -0.3 is 23.7 Å². The maximum absolute atomic E-state index is 14.3. The fraction of sp³-hybridized carbons (Fsp3) is 0.394. The molecule has 1 aliphatic rings. The summed E-state index contributed by atoms with van der Waals surface area (Å²) in [6.07, 6.45) is 2.46. The maximum atomic E-state index is 14.3. The number of ether oxygens (including phenoxy) is 2. The van der Waals surface area contributed by atoms with Gasteiger partial charge in [0.15, 0.2) is 6.10 Å². The molecule has 0 fully saturated rings. The Morgan fingerprint density at radius 2 is 1.68 bits per heavy atom. The number of carboxylic acid groups (broad SMARTS) is 1. The van der Waals surface area contributed by atoms with Crippen molar-refractivity contribution >= 4 is 16.9 Å². The number of fused-ring (bicyclic) bond motifs is 3. The van der Waals surface area contributed by atoms with Crippen molar-refractivity contribution in [1.29, 1.82) is 0 Å². The first-order valence-electron chi connectivity index (χ1n) is 13.9. The van der Waals surface area contributed by atoms with E-state index >= 15 is 0 Å². The Morgan fingerprint density at radius 1 is 1.02 bits per heavy atom. The largest absolute Gasteiger partial charge is 0.497 e. The molecule has 1 atom stereocenters. The fourth-order valence-electron chi connectivity index (χ4n) is 5.91. The van der Waals surface area contributed by atoms with Crippen molar-refractivity contribution in [1.82, 2.24) is 9.13 Å². The first-order valence-corrected chi connectivity index (χ1v) is 13.9. The first kappa shape index (κ1) is 27.7. The van der Waals surface area contributed by atoms with Crippen LogP contribution in [0.15, 0.2) is 53.3 Å². The Kier molecular flexibility index (Phi) is 7.36. The summed E-state index contributed by atoms with van der Waals surface area (Å²) in [5.41, 5.74) is 6.14. The maximum Gasteiger partial charge on any atom is 0.339 e. The average molecular weight is 543 g/mol. The van der Waals surface area contributed by atoms with E-state index in [2.05, 4.69) is 4.57 Å². The van der Waals surface area contributed by atoms with Crippen LogP contribution in [0.4, 0.5) is 0 Å². The van der Waals surface area contributed by atoms with Gasteiger partial charge in [-0.3, -0.25) is 4.79 Å². The Hall–Kier alpha value is -3.84. The molecule has 0 amide bonds. The molecule has 1 unspecified atom stereocenters. The molecule has 1 N–H and O–H groups in total. The lowest BCUT2D eigenvalue weighted by atomic mass is 9.89. The lowest BCUT2D eigenvalue weighted by molar-refractivity contribution is -0.161. The molecule has 0 spiro atoms. The molecule has 0 radical (unpaired) electrons. The number of nitrogens with zero attached hydrogens (tertiary/aromatic N) is 2. The van der Waals surface area contributed by atoms with Crippen LogP contribution in [-0.4, -0.2) is 32.9 Å². The highest BCUT2D eigenvalue weighted by Crippen LogP contribution is 2.42. The lowest BCUT2D eigenvalue weighted by Gasteiger charge is -2.28. The summed E-state index contributed by atoms with van der Waals surface area (Å²) < 4.78 is 15.1. The van der Waals surface area contributed by atoms with E-state index in [-0.39, 0.29) is 5.56 Å². The van der Waals surface area contributed by atoms with Crippen molar-refractivity contribution in [3.8, 4) is 16.9 Å². The van der Waals surface area contributed by atoms with Crippen LogP contribution in [0.3, 0.4) is 0 Å².